The molecule has 20 heavy (non-hydrogen) atoms. The summed E-state index contributed by atoms with van der Waals surface area (Å²) in [4.78, 5) is 0. The van der Waals surface area contributed by atoms with Gasteiger partial charge in [-0.1, -0.05) is 63.6 Å². The van der Waals surface area contributed by atoms with Gasteiger partial charge in [-0.3, -0.25) is 0 Å². The molecule has 0 aliphatic rings. The fraction of sp³-hybridized carbons (Fsp3) is 0.600. The average Bonchev–Trinajstić information content (AvgIpc) is 2.30. The van der Waals surface area contributed by atoms with Gasteiger partial charge in [-0.15, -0.1) is 0 Å². The number of halogens is 3. The number of aromatic hydroxyl groups is 1. The van der Waals surface area contributed by atoms with Gasteiger partial charge in [0.25, 0.3) is 0 Å². The zero-order chi connectivity index (χ0) is 11.6. The first-order chi connectivity index (χ1) is 7.84. The van der Waals surface area contributed by atoms with Gasteiger partial charge in [-0.05, 0) is 24.5 Å². The van der Waals surface area contributed by atoms with Crippen molar-refractivity contribution in [2.24, 2.45) is 0 Å². The second kappa shape index (κ2) is 19.4. The second-order valence-electron chi connectivity index (χ2n) is 4.50. The quantitative estimate of drug-likeness (QED) is 0.368. The van der Waals surface area contributed by atoms with E-state index in [1.807, 2.05) is 18.2 Å². The summed E-state index contributed by atoms with van der Waals surface area (Å²) in [6.07, 6.45) is 10.3. The van der Waals surface area contributed by atoms with Crippen molar-refractivity contribution in [3.8, 4) is 5.75 Å². The number of hydrogen-bond donors (Lipinski definition) is 1. The van der Waals surface area contributed by atoms with E-state index in [1.54, 1.807) is 6.07 Å². The Hall–Kier alpha value is 0.422. The van der Waals surface area contributed by atoms with Crippen LogP contribution in [0.5, 0.6) is 5.75 Å². The minimum atomic E-state index is 0. The molecule has 1 aromatic carbocycles. The summed E-state index contributed by atoms with van der Waals surface area (Å²) >= 11 is 0. The van der Waals surface area contributed by atoms with E-state index in [2.05, 4.69) is 6.92 Å². The Labute approximate surface area is 153 Å². The van der Waals surface area contributed by atoms with Gasteiger partial charge in [0.1, 0.15) is 5.75 Å². The van der Waals surface area contributed by atoms with Crippen LogP contribution in [0.3, 0.4) is 0 Å². The summed E-state index contributed by atoms with van der Waals surface area (Å²) in [6, 6.07) is 7.67. The summed E-state index contributed by atoms with van der Waals surface area (Å²) in [7, 11) is 0. The van der Waals surface area contributed by atoms with E-state index < -0.39 is 0 Å². The van der Waals surface area contributed by atoms with Crippen molar-refractivity contribution in [1.29, 1.82) is 0 Å². The van der Waals surface area contributed by atoms with Crippen molar-refractivity contribution in [3.63, 3.8) is 0 Å². The molecule has 1 N–H and O–H groups in total. The molecule has 1 nitrogen and oxygen atoms in total. The van der Waals surface area contributed by atoms with E-state index in [0.29, 0.717) is 5.75 Å². The maximum Gasteiger partial charge on any atom is 3.00 e. The Morgan fingerprint density at radius 1 is 0.800 bits per heavy atom. The second-order valence-corrected chi connectivity index (χ2v) is 4.50. The number of rotatable bonds is 8. The molecular formula is C15H24AlCl3O. The average molecular weight is 354 g/mol. The number of hydrogen-bond acceptors (Lipinski definition) is 1. The minimum absolute atomic E-state index is 0. The first-order valence-electron chi connectivity index (χ1n) is 6.61. The first kappa shape index (κ1) is 28.6. The van der Waals surface area contributed by atoms with E-state index >= 15 is 0 Å². The van der Waals surface area contributed by atoms with Gasteiger partial charge in [0, 0.05) is 0 Å². The zero-order valence-electron chi connectivity index (χ0n) is 12.1. The molecule has 0 saturated heterocycles. The molecule has 0 radical (unpaired) electrons. The van der Waals surface area contributed by atoms with Gasteiger partial charge < -0.3 is 42.3 Å². The van der Waals surface area contributed by atoms with Crippen molar-refractivity contribution < 1.29 is 42.3 Å². The third kappa shape index (κ3) is 13.4. The summed E-state index contributed by atoms with van der Waals surface area (Å²) in [5.41, 5.74) is 1.09. The van der Waals surface area contributed by atoms with Crippen LogP contribution in [0.1, 0.15) is 57.4 Å². The molecule has 0 spiro atoms. The molecule has 0 aliphatic carbocycles. The van der Waals surface area contributed by atoms with E-state index in [1.165, 1.54) is 44.9 Å². The van der Waals surface area contributed by atoms with Gasteiger partial charge in [0.2, 0.25) is 0 Å². The van der Waals surface area contributed by atoms with Gasteiger partial charge in [0.15, 0.2) is 0 Å². The number of aryl methyl sites for hydroxylation is 1. The Morgan fingerprint density at radius 2 is 1.30 bits per heavy atom. The van der Waals surface area contributed by atoms with Crippen molar-refractivity contribution in [2.45, 2.75) is 58.3 Å². The molecule has 0 amide bonds. The molecule has 0 heterocycles. The van der Waals surface area contributed by atoms with Crippen LogP contribution in [0.15, 0.2) is 24.3 Å². The molecule has 0 aliphatic heterocycles. The molecule has 114 valence electrons. The smallest absolute Gasteiger partial charge is 1.00 e. The van der Waals surface area contributed by atoms with Crippen molar-refractivity contribution in [2.75, 3.05) is 0 Å². The number of para-hydroxylation sites is 1. The molecule has 0 fully saturated rings. The van der Waals surface area contributed by atoms with Crippen LogP contribution in [0.25, 0.3) is 0 Å². The van der Waals surface area contributed by atoms with Gasteiger partial charge in [-0.25, -0.2) is 0 Å². The molecule has 5 heteroatoms. The molecule has 0 bridgehead atoms. The molecule has 0 aromatic heterocycles. The van der Waals surface area contributed by atoms with Crippen molar-refractivity contribution in [3.05, 3.63) is 29.8 Å². The first-order valence-corrected chi connectivity index (χ1v) is 6.61. The van der Waals surface area contributed by atoms with Crippen LogP contribution in [0.2, 0.25) is 0 Å². The summed E-state index contributed by atoms with van der Waals surface area (Å²) in [5.74, 6) is 0.452. The Kier molecular flexibility index (Phi) is 27.7. The number of unbranched alkanes of at least 4 members (excludes halogenated alkanes) is 6. The molecular weight excluding hydrogens is 330 g/mol. The summed E-state index contributed by atoms with van der Waals surface area (Å²) < 4.78 is 0. The van der Waals surface area contributed by atoms with Crippen LogP contribution in [-0.4, -0.2) is 22.5 Å². The van der Waals surface area contributed by atoms with Gasteiger partial charge >= 0.3 is 17.4 Å². The molecule has 0 atom stereocenters. The van der Waals surface area contributed by atoms with Gasteiger partial charge in [0.05, 0.1) is 0 Å². The predicted octanol–water partition coefficient (Wildman–Crippen LogP) is -4.68. The number of phenolic OH excluding ortho intramolecular Hbond substituents is 1. The molecule has 1 rings (SSSR count). The van der Waals surface area contributed by atoms with E-state index in [4.69, 9.17) is 0 Å². The number of phenols is 1. The van der Waals surface area contributed by atoms with E-state index in [-0.39, 0.29) is 54.6 Å². The Balaban J connectivity index is -0.000000320. The van der Waals surface area contributed by atoms with Crippen LogP contribution >= 0.6 is 0 Å². The number of benzene rings is 1. The topological polar surface area (TPSA) is 20.2 Å². The van der Waals surface area contributed by atoms with E-state index in [0.717, 1.165) is 12.0 Å². The standard InChI is InChI=1S/C15H24O.Al.3ClH/c1-2-3-4-5-6-7-8-11-14-12-9-10-13-15(14)16;;;;/h9-10,12-13,16H,2-8,11H2,1H3;;3*1H/q;+3;;;/p-3. The van der Waals surface area contributed by atoms with Crippen LogP contribution in [0.4, 0.5) is 0 Å². The molecule has 0 unspecified atom stereocenters. The van der Waals surface area contributed by atoms with Crippen molar-refractivity contribution >= 4 is 17.4 Å². The fourth-order valence-corrected chi connectivity index (χ4v) is 1.99. The van der Waals surface area contributed by atoms with Crippen LogP contribution < -0.4 is 37.2 Å². The van der Waals surface area contributed by atoms with Crippen LogP contribution in [0, 0.1) is 0 Å². The Bertz CT molecular complexity index is 298. The maximum atomic E-state index is 9.58. The monoisotopic (exact) mass is 352 g/mol. The van der Waals surface area contributed by atoms with E-state index in [9.17, 15) is 5.11 Å². The third-order valence-corrected chi connectivity index (χ3v) is 3.04. The summed E-state index contributed by atoms with van der Waals surface area (Å²) in [6.45, 7) is 2.25. The summed E-state index contributed by atoms with van der Waals surface area (Å²) in [5, 5.41) is 9.58. The SMILES string of the molecule is CCCCCCCCCc1ccccc1O.[Al+3].[Cl-].[Cl-].[Cl-]. The Morgan fingerprint density at radius 3 is 1.85 bits per heavy atom. The molecule has 0 saturated carbocycles. The van der Waals surface area contributed by atoms with Gasteiger partial charge in [-0.2, -0.15) is 0 Å². The zero-order valence-corrected chi connectivity index (χ0v) is 15.5. The third-order valence-electron chi connectivity index (χ3n) is 3.04. The van der Waals surface area contributed by atoms with Crippen molar-refractivity contribution in [1.82, 2.24) is 0 Å². The maximum absolute atomic E-state index is 9.58. The van der Waals surface area contributed by atoms with Crippen LogP contribution in [-0.2, 0) is 6.42 Å². The fourth-order valence-electron chi connectivity index (χ4n) is 1.99. The minimum Gasteiger partial charge on any atom is -1.00 e. The normalized spacial score (nSPS) is 8.45. The molecule has 1 aromatic rings. The predicted molar refractivity (Wildman–Crippen MR) is 75.6 cm³/mol. The largest absolute Gasteiger partial charge is 3.00 e.